The molecular weight excluding hydrogens is 619 g/mol. The molecule has 188 valence electrons. The van der Waals surface area contributed by atoms with E-state index < -0.39 is 0 Å². The fourth-order valence-corrected chi connectivity index (χ4v) is 4.16. The smallest absolute Gasteiger partial charge is 0.300 e. The minimum absolute atomic E-state index is 0. The predicted molar refractivity (Wildman–Crippen MR) is 147 cm³/mol. The van der Waals surface area contributed by atoms with Gasteiger partial charge in [-0.25, -0.2) is 0 Å². The summed E-state index contributed by atoms with van der Waals surface area (Å²) in [4.78, 5) is 10.2. The molecule has 0 atom stereocenters. The van der Waals surface area contributed by atoms with E-state index in [1.165, 1.54) is 11.1 Å². The van der Waals surface area contributed by atoms with Gasteiger partial charge in [-0.3, -0.25) is 0 Å². The second-order valence-electron chi connectivity index (χ2n) is 11.9. The molecule has 0 bridgehead atoms. The summed E-state index contributed by atoms with van der Waals surface area (Å²) in [5, 5.41) is 0. The van der Waals surface area contributed by atoms with E-state index >= 15 is 0 Å². The molecular formula is C33H36N2Pt. The molecule has 2 aromatic heterocycles. The Hall–Kier alpha value is -2.57. The molecule has 0 aliphatic rings. The van der Waals surface area contributed by atoms with Gasteiger partial charge in [-0.2, -0.15) is 0 Å². The Morgan fingerprint density at radius 1 is 0.556 bits per heavy atom. The van der Waals surface area contributed by atoms with Crippen molar-refractivity contribution in [3.05, 3.63) is 107 Å². The number of aromatic nitrogens is 2. The Bertz CT molecular complexity index is 1240. The van der Waals surface area contributed by atoms with Crippen LogP contribution in [0.5, 0.6) is 0 Å². The predicted octanol–water partition coefficient (Wildman–Crippen LogP) is 8.33. The number of rotatable bonds is 4. The minimum atomic E-state index is -0.366. The van der Waals surface area contributed by atoms with E-state index in [1.807, 2.05) is 12.1 Å². The molecule has 0 spiro atoms. The van der Waals surface area contributed by atoms with Crippen molar-refractivity contribution in [1.82, 2.24) is 9.97 Å². The van der Waals surface area contributed by atoms with Crippen LogP contribution in [-0.4, -0.2) is 9.97 Å². The summed E-state index contributed by atoms with van der Waals surface area (Å²) in [6.07, 6.45) is 0. The molecule has 4 aromatic rings. The summed E-state index contributed by atoms with van der Waals surface area (Å²) in [5.41, 5.74) is 8.22. The average Bonchev–Trinajstić information content (AvgIpc) is 2.83. The second kappa shape index (κ2) is 10.4. The normalized spacial score (nSPS) is 12.2. The zero-order valence-electron chi connectivity index (χ0n) is 22.6. The van der Waals surface area contributed by atoms with Crippen molar-refractivity contribution in [1.29, 1.82) is 0 Å². The van der Waals surface area contributed by atoms with E-state index in [0.717, 1.165) is 33.9 Å². The molecule has 0 radical (unpaired) electrons. The maximum atomic E-state index is 5.08. The van der Waals surface area contributed by atoms with Gasteiger partial charge in [0.1, 0.15) is 0 Å². The molecule has 0 aliphatic carbocycles. The van der Waals surface area contributed by atoms with Gasteiger partial charge in [0.2, 0.25) is 0 Å². The Balaban J connectivity index is 0.00000361. The molecule has 2 heterocycles. The molecule has 2 nitrogen and oxygen atoms in total. The van der Waals surface area contributed by atoms with Crippen molar-refractivity contribution in [2.75, 3.05) is 0 Å². The number of pyridine rings is 2. The van der Waals surface area contributed by atoms with Gasteiger partial charge in [0, 0.05) is 16.8 Å². The molecule has 0 aliphatic heterocycles. The van der Waals surface area contributed by atoms with Crippen LogP contribution in [-0.2, 0) is 37.3 Å². The van der Waals surface area contributed by atoms with Gasteiger partial charge in [0.05, 0.1) is 0 Å². The maximum absolute atomic E-state index is 5.08. The van der Waals surface area contributed by atoms with Crippen molar-refractivity contribution in [2.24, 2.45) is 0 Å². The zero-order valence-corrected chi connectivity index (χ0v) is 24.9. The third-order valence-corrected chi connectivity index (χ3v) is 6.67. The van der Waals surface area contributed by atoms with Gasteiger partial charge >= 0.3 is 21.1 Å². The monoisotopic (exact) mass is 655 g/mol. The Labute approximate surface area is 231 Å². The van der Waals surface area contributed by atoms with Gasteiger partial charge < -0.3 is 9.97 Å². The van der Waals surface area contributed by atoms with Crippen LogP contribution in [0.2, 0.25) is 0 Å². The maximum Gasteiger partial charge on any atom is 2.00 e. The summed E-state index contributed by atoms with van der Waals surface area (Å²) in [5.74, 6) is 0. The number of hydrogen-bond donors (Lipinski definition) is 0. The van der Waals surface area contributed by atoms with Crippen molar-refractivity contribution >= 4 is 0 Å². The fourth-order valence-electron chi connectivity index (χ4n) is 4.16. The Kier molecular flexibility index (Phi) is 8.11. The molecule has 0 fully saturated rings. The Morgan fingerprint density at radius 3 is 1.31 bits per heavy atom. The summed E-state index contributed by atoms with van der Waals surface area (Å²) < 4.78 is 0. The summed E-state index contributed by atoms with van der Waals surface area (Å²) in [6, 6.07) is 31.9. The second-order valence-corrected chi connectivity index (χ2v) is 11.9. The third-order valence-electron chi connectivity index (χ3n) is 6.67. The van der Waals surface area contributed by atoms with Crippen LogP contribution in [0.15, 0.2) is 72.8 Å². The quantitative estimate of drug-likeness (QED) is 0.207. The van der Waals surface area contributed by atoms with E-state index in [9.17, 15) is 0 Å². The van der Waals surface area contributed by atoms with E-state index in [4.69, 9.17) is 9.97 Å². The number of benzene rings is 2. The van der Waals surface area contributed by atoms with Gasteiger partial charge in [0.15, 0.2) is 0 Å². The third kappa shape index (κ3) is 6.04. The molecule has 3 heteroatoms. The molecule has 0 saturated carbocycles. The standard InChI is InChI=1S/C33H36N2.Pt/c1-31(2,3)25-15-9-13-23(21-25)27-17-11-19-29(34-27)33(7,8)30-20-12-18-28(35-30)24-14-10-16-26(22-24)32(4,5)6;/h9-12,15-22H,1-8H3;/q-2;+2. The first-order valence-electron chi connectivity index (χ1n) is 12.4. The SMILES string of the molecule is CC(C)(C)c1cc[c-]c(-c2cccc(C(C)(C)c3cccc(-c4[c-]ccc(C(C)(C)C)c4)n3)n2)c1.[Pt+2]. The van der Waals surface area contributed by atoms with Crippen LogP contribution in [0.1, 0.15) is 77.9 Å². The van der Waals surface area contributed by atoms with Crippen LogP contribution in [0, 0.1) is 12.1 Å². The van der Waals surface area contributed by atoms with E-state index in [-0.39, 0.29) is 37.3 Å². The summed E-state index contributed by atoms with van der Waals surface area (Å²) in [6.45, 7) is 17.8. The van der Waals surface area contributed by atoms with Crippen molar-refractivity contribution in [3.8, 4) is 22.5 Å². The van der Waals surface area contributed by atoms with Crippen LogP contribution in [0.3, 0.4) is 0 Å². The average molecular weight is 656 g/mol. The van der Waals surface area contributed by atoms with Gasteiger partial charge in [-0.1, -0.05) is 65.8 Å². The largest absolute Gasteiger partial charge is 2.00 e. The first kappa shape index (κ1) is 28.0. The van der Waals surface area contributed by atoms with Crippen LogP contribution in [0.25, 0.3) is 22.5 Å². The van der Waals surface area contributed by atoms with Crippen LogP contribution in [0.4, 0.5) is 0 Å². The number of hydrogen-bond acceptors (Lipinski definition) is 2. The molecule has 2 aromatic carbocycles. The Morgan fingerprint density at radius 2 is 0.944 bits per heavy atom. The van der Waals surface area contributed by atoms with E-state index in [0.29, 0.717) is 0 Å². The van der Waals surface area contributed by atoms with Crippen LogP contribution < -0.4 is 0 Å². The van der Waals surface area contributed by atoms with Crippen LogP contribution >= 0.6 is 0 Å². The van der Waals surface area contributed by atoms with Crippen molar-refractivity contribution in [2.45, 2.75) is 71.6 Å². The summed E-state index contributed by atoms with van der Waals surface area (Å²) in [7, 11) is 0. The molecule has 0 amide bonds. The van der Waals surface area contributed by atoms with Gasteiger partial charge in [-0.15, -0.1) is 70.8 Å². The molecule has 4 rings (SSSR count). The van der Waals surface area contributed by atoms with E-state index in [2.05, 4.69) is 128 Å². The molecule has 0 N–H and O–H groups in total. The molecule has 36 heavy (non-hydrogen) atoms. The zero-order chi connectivity index (χ0) is 25.4. The van der Waals surface area contributed by atoms with Crippen molar-refractivity contribution < 1.29 is 21.1 Å². The minimum Gasteiger partial charge on any atom is -0.300 e. The van der Waals surface area contributed by atoms with E-state index in [1.54, 1.807) is 0 Å². The summed E-state index contributed by atoms with van der Waals surface area (Å²) >= 11 is 0. The number of nitrogens with zero attached hydrogens (tertiary/aromatic N) is 2. The van der Waals surface area contributed by atoms with Gasteiger partial charge in [-0.05, 0) is 48.2 Å². The molecule has 0 unspecified atom stereocenters. The first-order valence-corrected chi connectivity index (χ1v) is 12.4. The van der Waals surface area contributed by atoms with Crippen molar-refractivity contribution in [3.63, 3.8) is 0 Å². The van der Waals surface area contributed by atoms with Gasteiger partial charge in [0.25, 0.3) is 0 Å². The molecule has 0 saturated heterocycles. The fraction of sp³-hybridized carbons (Fsp3) is 0.333. The first-order chi connectivity index (χ1) is 16.4. The topological polar surface area (TPSA) is 25.8 Å².